The summed E-state index contributed by atoms with van der Waals surface area (Å²) in [5, 5.41) is 0. The van der Waals surface area contributed by atoms with Crippen molar-refractivity contribution in [3.05, 3.63) is 6.92 Å². The van der Waals surface area contributed by atoms with Crippen LogP contribution in [0.25, 0.3) is 0 Å². The number of methoxy groups -OCH3 is 3. The molecule has 0 spiro atoms. The maximum atomic E-state index is 5.46. The average Bonchev–Trinajstić information content (AvgIpc) is 2.26. The average molecular weight is 201 g/mol. The second kappa shape index (κ2) is 5.69. The fraction of sp³-hybridized carbons (Fsp3) is 0.909. The van der Waals surface area contributed by atoms with E-state index >= 15 is 0 Å². The van der Waals surface area contributed by atoms with Crippen molar-refractivity contribution in [2.75, 3.05) is 21.3 Å². The first-order chi connectivity index (χ1) is 6.76. The number of hydrogen-bond donors (Lipinski definition) is 0. The first-order valence-corrected chi connectivity index (χ1v) is 5.14. The molecule has 3 heteroatoms. The third kappa shape index (κ3) is 2.47. The van der Waals surface area contributed by atoms with E-state index in [0.29, 0.717) is 5.92 Å². The maximum Gasteiger partial charge on any atom is 0.0649 e. The molecule has 1 rings (SSSR count). The van der Waals surface area contributed by atoms with Gasteiger partial charge in [-0.1, -0.05) is 6.92 Å². The van der Waals surface area contributed by atoms with Crippen LogP contribution in [0.5, 0.6) is 0 Å². The Kier molecular flexibility index (Phi) is 4.85. The maximum absolute atomic E-state index is 5.46. The molecule has 0 aromatic carbocycles. The SMILES string of the molecule is [CH2]CC1C(OC)CC(OC)CC1OC. The standard InChI is InChI=1S/C11H21O3/c1-5-9-10(13-3)6-8(12-2)7-11(9)14-4/h8-11H,1,5-7H2,2-4H3. The normalized spacial score (nSPS) is 38.6. The minimum atomic E-state index is 0.219. The van der Waals surface area contributed by atoms with E-state index in [0.717, 1.165) is 19.3 Å². The summed E-state index contributed by atoms with van der Waals surface area (Å²) in [5.74, 6) is 0.399. The molecule has 1 saturated carbocycles. The largest absolute Gasteiger partial charge is 0.381 e. The van der Waals surface area contributed by atoms with Gasteiger partial charge in [0.2, 0.25) is 0 Å². The van der Waals surface area contributed by atoms with E-state index in [1.807, 2.05) is 0 Å². The van der Waals surface area contributed by atoms with Crippen molar-refractivity contribution in [2.24, 2.45) is 5.92 Å². The lowest BCUT2D eigenvalue weighted by atomic mass is 9.80. The smallest absolute Gasteiger partial charge is 0.0649 e. The van der Waals surface area contributed by atoms with Gasteiger partial charge in [0, 0.05) is 40.1 Å². The van der Waals surface area contributed by atoms with Crippen molar-refractivity contribution in [1.29, 1.82) is 0 Å². The molecule has 3 nitrogen and oxygen atoms in total. The molecule has 1 fully saturated rings. The van der Waals surface area contributed by atoms with E-state index in [9.17, 15) is 0 Å². The van der Waals surface area contributed by atoms with Crippen LogP contribution in [0.2, 0.25) is 0 Å². The zero-order valence-electron chi connectivity index (χ0n) is 9.36. The molecule has 0 N–H and O–H groups in total. The quantitative estimate of drug-likeness (QED) is 0.692. The summed E-state index contributed by atoms with van der Waals surface area (Å²) < 4.78 is 16.3. The van der Waals surface area contributed by atoms with Gasteiger partial charge in [-0.3, -0.25) is 0 Å². The van der Waals surface area contributed by atoms with E-state index < -0.39 is 0 Å². The second-order valence-electron chi connectivity index (χ2n) is 3.83. The molecule has 14 heavy (non-hydrogen) atoms. The van der Waals surface area contributed by atoms with E-state index in [1.165, 1.54) is 0 Å². The topological polar surface area (TPSA) is 27.7 Å². The number of ether oxygens (including phenoxy) is 3. The van der Waals surface area contributed by atoms with Crippen LogP contribution in [0.4, 0.5) is 0 Å². The molecule has 0 heterocycles. The van der Waals surface area contributed by atoms with E-state index in [4.69, 9.17) is 14.2 Å². The van der Waals surface area contributed by atoms with Gasteiger partial charge in [0.25, 0.3) is 0 Å². The summed E-state index contributed by atoms with van der Waals surface area (Å²) in [5.41, 5.74) is 0. The van der Waals surface area contributed by atoms with Crippen LogP contribution in [0.1, 0.15) is 19.3 Å². The lowest BCUT2D eigenvalue weighted by molar-refractivity contribution is -0.109. The van der Waals surface area contributed by atoms with Crippen molar-refractivity contribution in [3.8, 4) is 0 Å². The summed E-state index contributed by atoms with van der Waals surface area (Å²) in [6, 6.07) is 0. The zero-order chi connectivity index (χ0) is 10.6. The minimum absolute atomic E-state index is 0.219. The third-order valence-electron chi connectivity index (χ3n) is 3.22. The molecule has 0 aromatic heterocycles. The van der Waals surface area contributed by atoms with Gasteiger partial charge in [-0.05, 0) is 6.42 Å². The monoisotopic (exact) mass is 201 g/mol. The summed E-state index contributed by atoms with van der Waals surface area (Å²) in [4.78, 5) is 0. The molecule has 1 aliphatic carbocycles. The fourth-order valence-electron chi connectivity index (χ4n) is 2.31. The highest BCUT2D eigenvalue weighted by Gasteiger charge is 2.37. The van der Waals surface area contributed by atoms with Gasteiger partial charge >= 0.3 is 0 Å². The van der Waals surface area contributed by atoms with Gasteiger partial charge in [0.1, 0.15) is 0 Å². The highest BCUT2D eigenvalue weighted by Crippen LogP contribution is 2.32. The first-order valence-electron chi connectivity index (χ1n) is 5.14. The van der Waals surface area contributed by atoms with Crippen LogP contribution in [0, 0.1) is 12.8 Å². The van der Waals surface area contributed by atoms with Crippen molar-refractivity contribution >= 4 is 0 Å². The van der Waals surface area contributed by atoms with Crippen molar-refractivity contribution in [2.45, 2.75) is 37.6 Å². The molecule has 0 amide bonds. The third-order valence-corrected chi connectivity index (χ3v) is 3.22. The van der Waals surface area contributed by atoms with Gasteiger partial charge < -0.3 is 14.2 Å². The highest BCUT2D eigenvalue weighted by atomic mass is 16.5. The molecule has 0 aromatic rings. The summed E-state index contributed by atoms with van der Waals surface area (Å²) in [7, 11) is 5.24. The molecule has 0 bridgehead atoms. The molecular weight excluding hydrogens is 180 g/mol. The second-order valence-corrected chi connectivity index (χ2v) is 3.83. The molecule has 83 valence electrons. The Labute approximate surface area is 86.7 Å². The van der Waals surface area contributed by atoms with Crippen LogP contribution in [-0.4, -0.2) is 39.6 Å². The highest BCUT2D eigenvalue weighted by molar-refractivity contribution is 4.88. The Balaban J connectivity index is 2.63. The first kappa shape index (κ1) is 12.0. The van der Waals surface area contributed by atoms with Crippen LogP contribution in [0.15, 0.2) is 0 Å². The molecule has 0 saturated heterocycles. The molecule has 0 aliphatic heterocycles. The number of rotatable bonds is 4. The molecule has 1 radical (unpaired) electrons. The Morgan fingerprint density at radius 3 is 1.79 bits per heavy atom. The summed E-state index contributed by atoms with van der Waals surface area (Å²) in [6.07, 6.45) is 3.45. The predicted molar refractivity (Wildman–Crippen MR) is 55.1 cm³/mol. The Bertz CT molecular complexity index is 147. The van der Waals surface area contributed by atoms with Gasteiger partial charge in [-0.2, -0.15) is 0 Å². The summed E-state index contributed by atoms with van der Waals surface area (Å²) >= 11 is 0. The van der Waals surface area contributed by atoms with E-state index in [1.54, 1.807) is 21.3 Å². The Morgan fingerprint density at radius 2 is 1.50 bits per heavy atom. The fourth-order valence-corrected chi connectivity index (χ4v) is 2.31. The Hall–Kier alpha value is -0.120. The minimum Gasteiger partial charge on any atom is -0.381 e. The molecule has 2 unspecified atom stereocenters. The van der Waals surface area contributed by atoms with Crippen LogP contribution in [-0.2, 0) is 14.2 Å². The van der Waals surface area contributed by atoms with Crippen LogP contribution in [0.3, 0.4) is 0 Å². The van der Waals surface area contributed by atoms with Gasteiger partial charge in [0.15, 0.2) is 0 Å². The van der Waals surface area contributed by atoms with Crippen molar-refractivity contribution in [1.82, 2.24) is 0 Å². The van der Waals surface area contributed by atoms with Crippen LogP contribution >= 0.6 is 0 Å². The van der Waals surface area contributed by atoms with Gasteiger partial charge in [-0.15, -0.1) is 0 Å². The lowest BCUT2D eigenvalue weighted by Crippen LogP contribution is -2.44. The van der Waals surface area contributed by atoms with Gasteiger partial charge in [0.05, 0.1) is 18.3 Å². The Morgan fingerprint density at radius 1 is 1.00 bits per heavy atom. The van der Waals surface area contributed by atoms with E-state index in [2.05, 4.69) is 6.92 Å². The molecule has 2 atom stereocenters. The lowest BCUT2D eigenvalue weighted by Gasteiger charge is -2.39. The predicted octanol–water partition coefficient (Wildman–Crippen LogP) is 1.67. The van der Waals surface area contributed by atoms with Crippen molar-refractivity contribution < 1.29 is 14.2 Å². The molecule has 1 aliphatic rings. The number of hydrogen-bond acceptors (Lipinski definition) is 3. The zero-order valence-corrected chi connectivity index (χ0v) is 9.36. The van der Waals surface area contributed by atoms with Crippen LogP contribution < -0.4 is 0 Å². The molecular formula is C11H21O3. The van der Waals surface area contributed by atoms with Gasteiger partial charge in [-0.25, -0.2) is 0 Å². The van der Waals surface area contributed by atoms with Crippen molar-refractivity contribution in [3.63, 3.8) is 0 Å². The summed E-state index contributed by atoms with van der Waals surface area (Å²) in [6.45, 7) is 3.96. The van der Waals surface area contributed by atoms with E-state index in [-0.39, 0.29) is 18.3 Å².